The lowest BCUT2D eigenvalue weighted by atomic mass is 9.76. The molecule has 0 aromatic heterocycles. The van der Waals surface area contributed by atoms with E-state index in [4.69, 9.17) is 27.9 Å². The van der Waals surface area contributed by atoms with E-state index in [1.165, 1.54) is 22.9 Å². The van der Waals surface area contributed by atoms with Gasteiger partial charge < -0.3 is 9.64 Å². The predicted octanol–water partition coefficient (Wildman–Crippen LogP) is 9.12. The van der Waals surface area contributed by atoms with Gasteiger partial charge in [-0.3, -0.25) is 14.9 Å². The van der Waals surface area contributed by atoms with Gasteiger partial charge in [-0.2, -0.15) is 0 Å². The molecular formula is C42H33Cl2N3O4. The number of carbonyl (C=O) groups excluding carboxylic acids is 3. The molecule has 1 saturated heterocycles. The van der Waals surface area contributed by atoms with Crippen molar-refractivity contribution in [2.24, 2.45) is 0 Å². The van der Waals surface area contributed by atoms with Crippen LogP contribution in [0, 0.1) is 0 Å². The number of hydrogen-bond donors (Lipinski definition) is 1. The van der Waals surface area contributed by atoms with Gasteiger partial charge in [0.2, 0.25) is 0 Å². The highest BCUT2D eigenvalue weighted by atomic mass is 35.5. The average molecular weight is 715 g/mol. The van der Waals surface area contributed by atoms with Crippen LogP contribution < -0.4 is 19.9 Å². The zero-order valence-corrected chi connectivity index (χ0v) is 29.0. The molecule has 1 fully saturated rings. The van der Waals surface area contributed by atoms with Gasteiger partial charge in [0.15, 0.2) is 0 Å². The van der Waals surface area contributed by atoms with Gasteiger partial charge in [0.05, 0.1) is 5.69 Å². The van der Waals surface area contributed by atoms with E-state index in [0.717, 1.165) is 47.5 Å². The molecule has 4 amide bonds. The summed E-state index contributed by atoms with van der Waals surface area (Å²) in [5, 5.41) is 3.47. The predicted molar refractivity (Wildman–Crippen MR) is 201 cm³/mol. The number of rotatable bonds is 7. The van der Waals surface area contributed by atoms with Gasteiger partial charge in [0, 0.05) is 46.2 Å². The van der Waals surface area contributed by atoms with Gasteiger partial charge in [-0.05, 0) is 83.1 Å². The van der Waals surface area contributed by atoms with Crippen LogP contribution in [0.25, 0.3) is 6.08 Å². The molecule has 0 saturated carbocycles. The number of nitrogens with zero attached hydrogens (tertiary/aromatic N) is 2. The van der Waals surface area contributed by atoms with Gasteiger partial charge in [0.1, 0.15) is 17.9 Å². The fourth-order valence-electron chi connectivity index (χ4n) is 7.49. The molecule has 1 N–H and O–H groups in total. The summed E-state index contributed by atoms with van der Waals surface area (Å²) in [6.45, 7) is 2.08. The molecule has 51 heavy (non-hydrogen) atoms. The number of halogens is 2. The van der Waals surface area contributed by atoms with Gasteiger partial charge >= 0.3 is 6.03 Å². The van der Waals surface area contributed by atoms with Crippen molar-refractivity contribution in [1.82, 2.24) is 5.32 Å². The Morgan fingerprint density at radius 1 is 0.745 bits per heavy atom. The zero-order valence-electron chi connectivity index (χ0n) is 27.5. The minimum Gasteiger partial charge on any atom is -0.489 e. The van der Waals surface area contributed by atoms with E-state index in [1.807, 2.05) is 48.5 Å². The number of urea groups is 1. The molecule has 7 nitrogen and oxygen atoms in total. The smallest absolute Gasteiger partial charge is 0.335 e. The summed E-state index contributed by atoms with van der Waals surface area (Å²) < 4.78 is 5.90. The lowest BCUT2D eigenvalue weighted by molar-refractivity contribution is -0.122. The third-order valence-electron chi connectivity index (χ3n) is 9.96. The number of ether oxygens (including phenoxy) is 1. The monoisotopic (exact) mass is 713 g/mol. The van der Waals surface area contributed by atoms with E-state index < -0.39 is 17.8 Å². The van der Waals surface area contributed by atoms with Crippen LogP contribution in [0.1, 0.15) is 58.1 Å². The third kappa shape index (κ3) is 6.39. The molecule has 0 radical (unpaired) electrons. The van der Waals surface area contributed by atoms with E-state index in [-0.39, 0.29) is 24.0 Å². The summed E-state index contributed by atoms with van der Waals surface area (Å²) in [6, 6.07) is 36.1. The summed E-state index contributed by atoms with van der Waals surface area (Å²) in [6.07, 6.45) is 3.32. The minimum atomic E-state index is -0.769. The standard InChI is InChI=1S/C42H33Cl2N3O4/c43-30-14-13-29(38(44)22-30)25-51-32-15-11-26(12-16-32)21-37-40(48)45-42(50)47(41(37)49)31-23-35-33(27-7-3-1-4-8-27)17-19-46-20-18-34(36(24-31)39(35)46)28-9-5-2-6-10-28/h1-16,21-24,33-34H,17-20,25H2,(H,45,48,50)/b37-21+/t33-,34-/m0/s1. The van der Waals surface area contributed by atoms with Crippen LogP contribution in [-0.2, 0) is 16.2 Å². The number of nitrogens with one attached hydrogen (secondary N) is 1. The summed E-state index contributed by atoms with van der Waals surface area (Å²) >= 11 is 12.3. The van der Waals surface area contributed by atoms with Crippen molar-refractivity contribution in [1.29, 1.82) is 0 Å². The Bertz CT molecular complexity index is 2120. The van der Waals surface area contributed by atoms with Crippen LogP contribution in [0.3, 0.4) is 0 Å². The van der Waals surface area contributed by atoms with Crippen LogP contribution in [0.2, 0.25) is 10.0 Å². The lowest BCUT2D eigenvalue weighted by Gasteiger charge is -2.44. The van der Waals surface area contributed by atoms with Gasteiger partial charge in [-0.25, -0.2) is 9.69 Å². The van der Waals surface area contributed by atoms with E-state index in [2.05, 4.69) is 34.5 Å². The second kappa shape index (κ2) is 13.7. The largest absolute Gasteiger partial charge is 0.489 e. The third-order valence-corrected chi connectivity index (χ3v) is 10.5. The average Bonchev–Trinajstić information content (AvgIpc) is 3.14. The van der Waals surface area contributed by atoms with Crippen LogP contribution in [0.15, 0.2) is 121 Å². The molecule has 0 aliphatic carbocycles. The van der Waals surface area contributed by atoms with Crippen molar-refractivity contribution in [2.45, 2.75) is 31.3 Å². The highest BCUT2D eigenvalue weighted by Gasteiger charge is 2.40. The Labute approximate surface area is 306 Å². The fourth-order valence-corrected chi connectivity index (χ4v) is 7.95. The topological polar surface area (TPSA) is 79.0 Å². The maximum atomic E-state index is 14.2. The maximum Gasteiger partial charge on any atom is 0.335 e. The number of carbonyl (C=O) groups is 3. The van der Waals surface area contributed by atoms with E-state index in [9.17, 15) is 14.4 Å². The SMILES string of the molecule is O=C1NC(=O)N(c2cc3c4c(c2)[C@H](c2ccccc2)CCN4CC[C@H]3c2ccccc2)C(=O)/C1=C/c1ccc(OCc2ccc(Cl)cc2Cl)cc1. The molecule has 5 aromatic carbocycles. The first-order chi connectivity index (χ1) is 24.8. The quantitative estimate of drug-likeness (QED) is 0.134. The molecule has 3 heterocycles. The number of anilines is 2. The normalized spacial score (nSPS) is 19.2. The van der Waals surface area contributed by atoms with Gasteiger partial charge in [-0.1, -0.05) is 102 Å². The molecule has 3 aliphatic heterocycles. The minimum absolute atomic E-state index is 0.0849. The van der Waals surface area contributed by atoms with E-state index in [1.54, 1.807) is 42.5 Å². The summed E-state index contributed by atoms with van der Waals surface area (Å²) in [7, 11) is 0. The van der Waals surface area contributed by atoms with Crippen molar-refractivity contribution in [3.05, 3.63) is 164 Å². The molecule has 9 heteroatoms. The first kappa shape index (κ1) is 32.8. The summed E-state index contributed by atoms with van der Waals surface area (Å²) in [4.78, 5) is 44.5. The summed E-state index contributed by atoms with van der Waals surface area (Å²) in [5.74, 6) is -0.667. The highest BCUT2D eigenvalue weighted by Crippen LogP contribution is 2.50. The Balaban J connectivity index is 1.14. The van der Waals surface area contributed by atoms with E-state index in [0.29, 0.717) is 27.0 Å². The number of barbiturate groups is 1. The van der Waals surface area contributed by atoms with Crippen molar-refractivity contribution in [3.8, 4) is 5.75 Å². The Kier molecular flexibility index (Phi) is 8.84. The van der Waals surface area contributed by atoms with E-state index >= 15 is 0 Å². The molecule has 0 spiro atoms. The number of hydrogen-bond acceptors (Lipinski definition) is 5. The first-order valence-electron chi connectivity index (χ1n) is 16.9. The maximum absolute atomic E-state index is 14.2. The first-order valence-corrected chi connectivity index (χ1v) is 17.7. The van der Waals surface area contributed by atoms with Crippen LogP contribution in [-0.4, -0.2) is 30.9 Å². The molecule has 5 aromatic rings. The van der Waals surface area contributed by atoms with Gasteiger partial charge in [-0.15, -0.1) is 0 Å². The molecule has 254 valence electrons. The fraction of sp³-hybridized carbons (Fsp3) is 0.167. The molecule has 2 atom stereocenters. The van der Waals surface area contributed by atoms with Crippen molar-refractivity contribution >= 4 is 58.5 Å². The van der Waals surface area contributed by atoms with Crippen LogP contribution in [0.5, 0.6) is 5.75 Å². The molecule has 0 bridgehead atoms. The Morgan fingerprint density at radius 2 is 1.35 bits per heavy atom. The zero-order chi connectivity index (χ0) is 35.1. The van der Waals surface area contributed by atoms with Crippen LogP contribution >= 0.6 is 23.2 Å². The van der Waals surface area contributed by atoms with Crippen molar-refractivity contribution in [3.63, 3.8) is 0 Å². The van der Waals surface area contributed by atoms with Crippen molar-refractivity contribution in [2.75, 3.05) is 22.9 Å². The Morgan fingerprint density at radius 3 is 1.94 bits per heavy atom. The van der Waals surface area contributed by atoms with Gasteiger partial charge in [0.25, 0.3) is 11.8 Å². The Hall–Kier alpha value is -5.37. The number of benzene rings is 5. The molecule has 0 unspecified atom stereocenters. The number of imide groups is 2. The highest BCUT2D eigenvalue weighted by molar-refractivity contribution is 6.39. The second-order valence-corrected chi connectivity index (χ2v) is 13.9. The molecular weight excluding hydrogens is 681 g/mol. The molecule has 3 aliphatic rings. The summed E-state index contributed by atoms with van der Waals surface area (Å²) in [5.41, 5.74) is 7.41. The second-order valence-electron chi connectivity index (χ2n) is 13.0. The van der Waals surface area contributed by atoms with Crippen molar-refractivity contribution < 1.29 is 19.1 Å². The van der Waals surface area contributed by atoms with Crippen LogP contribution in [0.4, 0.5) is 16.2 Å². The number of amides is 4. The lowest BCUT2D eigenvalue weighted by Crippen LogP contribution is -2.54. The molecule has 8 rings (SSSR count).